The molecule has 17 heavy (non-hydrogen) atoms. The highest BCUT2D eigenvalue weighted by molar-refractivity contribution is 5.97. The zero-order valence-corrected chi connectivity index (χ0v) is 10.3. The van der Waals surface area contributed by atoms with Gasteiger partial charge in [-0.2, -0.15) is 0 Å². The van der Waals surface area contributed by atoms with E-state index in [-0.39, 0.29) is 5.91 Å². The molecule has 1 N–H and O–H groups in total. The van der Waals surface area contributed by atoms with Gasteiger partial charge in [-0.05, 0) is 32.4 Å². The molecular weight excluding hydrogens is 218 g/mol. The lowest BCUT2D eigenvalue weighted by Crippen LogP contribution is -2.39. The first kappa shape index (κ1) is 13.2. The first-order chi connectivity index (χ1) is 8.06. The lowest BCUT2D eigenvalue weighted by Gasteiger charge is -2.13. The number of esters is 1. The van der Waals surface area contributed by atoms with E-state index in [9.17, 15) is 9.59 Å². The Balaban J connectivity index is 2.67. The van der Waals surface area contributed by atoms with Crippen LogP contribution in [-0.2, 0) is 9.53 Å². The SMILES string of the molecule is CCOC(=O)C(C)NC(=O)c1ccccc1C. The third-order valence-corrected chi connectivity index (χ3v) is 2.38. The van der Waals surface area contributed by atoms with Gasteiger partial charge in [0.1, 0.15) is 6.04 Å². The van der Waals surface area contributed by atoms with E-state index < -0.39 is 12.0 Å². The molecular formula is C13H17NO3. The van der Waals surface area contributed by atoms with Crippen molar-refractivity contribution in [3.63, 3.8) is 0 Å². The number of carbonyl (C=O) groups excluding carboxylic acids is 2. The second-order valence-electron chi connectivity index (χ2n) is 3.76. The van der Waals surface area contributed by atoms with Crippen molar-refractivity contribution >= 4 is 11.9 Å². The van der Waals surface area contributed by atoms with Crippen LogP contribution in [0.15, 0.2) is 24.3 Å². The molecule has 0 spiro atoms. The Kier molecular flexibility index (Phi) is 4.69. The van der Waals surface area contributed by atoms with Crippen LogP contribution < -0.4 is 5.32 Å². The predicted molar refractivity (Wildman–Crippen MR) is 64.7 cm³/mol. The van der Waals surface area contributed by atoms with Gasteiger partial charge < -0.3 is 10.1 Å². The largest absolute Gasteiger partial charge is 0.464 e. The third-order valence-electron chi connectivity index (χ3n) is 2.38. The maximum atomic E-state index is 11.9. The summed E-state index contributed by atoms with van der Waals surface area (Å²) in [6.45, 7) is 5.50. The first-order valence-corrected chi connectivity index (χ1v) is 5.59. The minimum Gasteiger partial charge on any atom is -0.464 e. The van der Waals surface area contributed by atoms with Gasteiger partial charge >= 0.3 is 5.97 Å². The highest BCUT2D eigenvalue weighted by Crippen LogP contribution is 2.06. The van der Waals surface area contributed by atoms with Crippen LogP contribution in [0.3, 0.4) is 0 Å². The summed E-state index contributed by atoms with van der Waals surface area (Å²) in [5.74, 6) is -0.682. The van der Waals surface area contributed by atoms with Gasteiger partial charge in [-0.3, -0.25) is 4.79 Å². The molecule has 0 saturated carbocycles. The van der Waals surface area contributed by atoms with Gasteiger partial charge in [0.05, 0.1) is 6.61 Å². The van der Waals surface area contributed by atoms with E-state index in [1.807, 2.05) is 19.1 Å². The van der Waals surface area contributed by atoms with E-state index in [0.29, 0.717) is 12.2 Å². The quantitative estimate of drug-likeness (QED) is 0.808. The summed E-state index contributed by atoms with van der Waals surface area (Å²) in [5, 5.41) is 2.61. The molecule has 0 heterocycles. The number of hydrogen-bond acceptors (Lipinski definition) is 3. The number of amides is 1. The number of nitrogens with one attached hydrogen (secondary N) is 1. The molecule has 1 unspecified atom stereocenters. The molecule has 0 fully saturated rings. The van der Waals surface area contributed by atoms with E-state index in [1.165, 1.54) is 0 Å². The third kappa shape index (κ3) is 3.59. The second-order valence-corrected chi connectivity index (χ2v) is 3.76. The fourth-order valence-corrected chi connectivity index (χ4v) is 1.43. The lowest BCUT2D eigenvalue weighted by atomic mass is 10.1. The fraction of sp³-hybridized carbons (Fsp3) is 0.385. The Morgan fingerprint density at radius 1 is 1.35 bits per heavy atom. The van der Waals surface area contributed by atoms with E-state index in [2.05, 4.69) is 5.32 Å². The summed E-state index contributed by atoms with van der Waals surface area (Å²) >= 11 is 0. The van der Waals surface area contributed by atoms with Crippen LogP contribution in [0.2, 0.25) is 0 Å². The number of hydrogen-bond donors (Lipinski definition) is 1. The van der Waals surface area contributed by atoms with Gasteiger partial charge in [0.2, 0.25) is 0 Å². The molecule has 0 saturated heterocycles. The average Bonchev–Trinajstić information content (AvgIpc) is 2.29. The normalized spacial score (nSPS) is 11.7. The van der Waals surface area contributed by atoms with Crippen LogP contribution in [0, 0.1) is 6.92 Å². The maximum absolute atomic E-state index is 11.9. The first-order valence-electron chi connectivity index (χ1n) is 5.59. The number of benzene rings is 1. The van der Waals surface area contributed by atoms with Crippen molar-refractivity contribution in [3.05, 3.63) is 35.4 Å². The van der Waals surface area contributed by atoms with Crippen molar-refractivity contribution in [1.29, 1.82) is 0 Å². The van der Waals surface area contributed by atoms with Crippen molar-refractivity contribution in [2.24, 2.45) is 0 Å². The Labute approximate surface area is 101 Å². The molecule has 0 radical (unpaired) electrons. The smallest absolute Gasteiger partial charge is 0.328 e. The van der Waals surface area contributed by atoms with E-state index >= 15 is 0 Å². The van der Waals surface area contributed by atoms with Crippen LogP contribution >= 0.6 is 0 Å². The zero-order chi connectivity index (χ0) is 12.8. The number of ether oxygens (including phenoxy) is 1. The van der Waals surface area contributed by atoms with Gasteiger partial charge in [0.15, 0.2) is 0 Å². The van der Waals surface area contributed by atoms with Gasteiger partial charge in [0, 0.05) is 5.56 Å². The molecule has 0 aliphatic rings. The van der Waals surface area contributed by atoms with Gasteiger partial charge in [0.25, 0.3) is 5.91 Å². The summed E-state index contributed by atoms with van der Waals surface area (Å²) in [7, 11) is 0. The van der Waals surface area contributed by atoms with Crippen molar-refractivity contribution in [3.8, 4) is 0 Å². The van der Waals surface area contributed by atoms with E-state index in [0.717, 1.165) is 5.56 Å². The molecule has 0 bridgehead atoms. The van der Waals surface area contributed by atoms with Crippen LogP contribution in [0.4, 0.5) is 0 Å². The summed E-state index contributed by atoms with van der Waals surface area (Å²) in [4.78, 5) is 23.2. The van der Waals surface area contributed by atoms with Crippen LogP contribution in [-0.4, -0.2) is 24.5 Å². The molecule has 4 nitrogen and oxygen atoms in total. The second kappa shape index (κ2) is 6.03. The molecule has 1 aromatic carbocycles. The summed E-state index contributed by atoms with van der Waals surface area (Å²) < 4.78 is 4.82. The Morgan fingerprint density at radius 3 is 2.59 bits per heavy atom. The summed E-state index contributed by atoms with van der Waals surface area (Å²) in [5.41, 5.74) is 1.45. The maximum Gasteiger partial charge on any atom is 0.328 e. The monoisotopic (exact) mass is 235 g/mol. The van der Waals surface area contributed by atoms with Gasteiger partial charge in [-0.1, -0.05) is 18.2 Å². The van der Waals surface area contributed by atoms with Crippen molar-refractivity contribution < 1.29 is 14.3 Å². The minimum atomic E-state index is -0.637. The predicted octanol–water partition coefficient (Wildman–Crippen LogP) is 1.68. The van der Waals surface area contributed by atoms with Crippen molar-refractivity contribution in [1.82, 2.24) is 5.32 Å². The molecule has 1 atom stereocenters. The van der Waals surface area contributed by atoms with Crippen molar-refractivity contribution in [2.45, 2.75) is 26.8 Å². The molecule has 4 heteroatoms. The average molecular weight is 235 g/mol. The number of aryl methyl sites for hydroxylation is 1. The van der Waals surface area contributed by atoms with E-state index in [1.54, 1.807) is 26.0 Å². The van der Waals surface area contributed by atoms with Crippen LogP contribution in [0.5, 0.6) is 0 Å². The molecule has 1 rings (SSSR count). The molecule has 1 amide bonds. The number of carbonyl (C=O) groups is 2. The fourth-order valence-electron chi connectivity index (χ4n) is 1.43. The lowest BCUT2D eigenvalue weighted by molar-refractivity contribution is -0.144. The molecule has 1 aromatic rings. The minimum absolute atomic E-state index is 0.261. The molecule has 0 aromatic heterocycles. The Bertz CT molecular complexity index is 415. The van der Waals surface area contributed by atoms with E-state index in [4.69, 9.17) is 4.74 Å². The summed E-state index contributed by atoms with van der Waals surface area (Å²) in [6, 6.07) is 6.59. The molecule has 92 valence electrons. The highest BCUT2D eigenvalue weighted by Gasteiger charge is 2.18. The molecule has 0 aliphatic heterocycles. The Morgan fingerprint density at radius 2 is 2.00 bits per heavy atom. The molecule has 0 aliphatic carbocycles. The number of rotatable bonds is 4. The highest BCUT2D eigenvalue weighted by atomic mass is 16.5. The Hall–Kier alpha value is -1.84. The van der Waals surface area contributed by atoms with Gasteiger partial charge in [-0.25, -0.2) is 4.79 Å². The summed E-state index contributed by atoms with van der Waals surface area (Å²) in [6.07, 6.45) is 0. The van der Waals surface area contributed by atoms with Crippen molar-refractivity contribution in [2.75, 3.05) is 6.61 Å². The van der Waals surface area contributed by atoms with Gasteiger partial charge in [-0.15, -0.1) is 0 Å². The standard InChI is InChI=1S/C13H17NO3/c1-4-17-13(16)10(3)14-12(15)11-8-6-5-7-9(11)2/h5-8,10H,4H2,1-3H3,(H,14,15). The van der Waals surface area contributed by atoms with Crippen LogP contribution in [0.1, 0.15) is 29.8 Å². The topological polar surface area (TPSA) is 55.4 Å². The van der Waals surface area contributed by atoms with Crippen LogP contribution in [0.25, 0.3) is 0 Å². The zero-order valence-electron chi connectivity index (χ0n) is 10.3.